The molecule has 0 bridgehead atoms. The second-order valence-corrected chi connectivity index (χ2v) is 9.77. The summed E-state index contributed by atoms with van der Waals surface area (Å²) in [6.45, 7) is 2.51. The van der Waals surface area contributed by atoms with E-state index in [1.165, 1.54) is 11.0 Å². The van der Waals surface area contributed by atoms with Gasteiger partial charge in [-0.25, -0.2) is 4.39 Å². The summed E-state index contributed by atoms with van der Waals surface area (Å²) in [6, 6.07) is 22.6. The average Bonchev–Trinajstić information content (AvgIpc) is 2.87. The molecule has 184 valence electrons. The van der Waals surface area contributed by atoms with E-state index in [1.54, 1.807) is 30.0 Å². The van der Waals surface area contributed by atoms with Crippen molar-refractivity contribution in [3.8, 4) is 0 Å². The maximum Gasteiger partial charge on any atom is 0.243 e. The van der Waals surface area contributed by atoms with Gasteiger partial charge in [0.05, 0.1) is 0 Å². The van der Waals surface area contributed by atoms with Crippen LogP contribution in [0.1, 0.15) is 30.9 Å². The van der Waals surface area contributed by atoms with E-state index in [2.05, 4.69) is 5.32 Å². The molecule has 0 saturated carbocycles. The minimum atomic E-state index is -0.753. The lowest BCUT2D eigenvalue weighted by Gasteiger charge is -2.31. The zero-order valence-electron chi connectivity index (χ0n) is 19.8. The Morgan fingerprint density at radius 1 is 1.00 bits per heavy atom. The zero-order valence-corrected chi connectivity index (χ0v) is 21.3. The van der Waals surface area contributed by atoms with Crippen LogP contribution in [-0.4, -0.2) is 35.1 Å². The predicted octanol–water partition coefficient (Wildman–Crippen LogP) is 6.13. The first-order valence-corrected chi connectivity index (χ1v) is 13.1. The van der Waals surface area contributed by atoms with Crippen molar-refractivity contribution < 1.29 is 14.0 Å². The van der Waals surface area contributed by atoms with Gasteiger partial charge in [-0.05, 0) is 42.3 Å². The number of halogens is 2. The fourth-order valence-electron chi connectivity index (χ4n) is 3.66. The standard InChI is InChI=1S/C28H30ClFN2O2S/c1-2-17-31-28(34)26(19-21-8-4-3-5-9-21)32(20-22-10-6-7-11-25(22)30)27(33)16-18-35-24-14-12-23(29)13-15-24/h3-15,26H,2,16-20H2,1H3,(H,31,34). The van der Waals surface area contributed by atoms with Crippen LogP contribution in [0.3, 0.4) is 0 Å². The molecule has 0 radical (unpaired) electrons. The SMILES string of the molecule is CCCNC(=O)C(Cc1ccccc1)N(Cc1ccccc1F)C(=O)CCSc1ccc(Cl)cc1. The number of hydrogen-bond donors (Lipinski definition) is 1. The third-order valence-electron chi connectivity index (χ3n) is 5.52. The van der Waals surface area contributed by atoms with Crippen LogP contribution in [0.2, 0.25) is 5.02 Å². The summed E-state index contributed by atoms with van der Waals surface area (Å²) in [6.07, 6.45) is 1.35. The summed E-state index contributed by atoms with van der Waals surface area (Å²) in [7, 11) is 0. The van der Waals surface area contributed by atoms with Crippen molar-refractivity contribution in [2.45, 2.75) is 43.7 Å². The van der Waals surface area contributed by atoms with Crippen LogP contribution in [0.15, 0.2) is 83.8 Å². The van der Waals surface area contributed by atoms with Crippen LogP contribution >= 0.6 is 23.4 Å². The molecule has 3 aromatic carbocycles. The number of hydrogen-bond acceptors (Lipinski definition) is 3. The van der Waals surface area contributed by atoms with E-state index in [9.17, 15) is 14.0 Å². The van der Waals surface area contributed by atoms with Crippen LogP contribution in [0.5, 0.6) is 0 Å². The number of thioether (sulfide) groups is 1. The molecule has 0 heterocycles. The van der Waals surface area contributed by atoms with Gasteiger partial charge in [-0.1, -0.05) is 67.1 Å². The molecule has 35 heavy (non-hydrogen) atoms. The Morgan fingerprint density at radius 2 is 1.69 bits per heavy atom. The number of rotatable bonds is 12. The number of carbonyl (C=O) groups excluding carboxylic acids is 2. The Hall–Kier alpha value is -2.83. The Labute approximate surface area is 215 Å². The lowest BCUT2D eigenvalue weighted by atomic mass is 10.0. The quantitative estimate of drug-likeness (QED) is 0.297. The highest BCUT2D eigenvalue weighted by Gasteiger charge is 2.30. The Bertz CT molecular complexity index is 1100. The third-order valence-corrected chi connectivity index (χ3v) is 6.78. The molecule has 3 aromatic rings. The predicted molar refractivity (Wildman–Crippen MR) is 141 cm³/mol. The van der Waals surface area contributed by atoms with Gasteiger partial charge in [0.25, 0.3) is 0 Å². The summed E-state index contributed by atoms with van der Waals surface area (Å²) in [5.74, 6) is -0.288. The van der Waals surface area contributed by atoms with E-state index in [-0.39, 0.29) is 24.8 Å². The van der Waals surface area contributed by atoms with Gasteiger partial charge in [0, 0.05) is 47.2 Å². The monoisotopic (exact) mass is 512 g/mol. The van der Waals surface area contributed by atoms with E-state index < -0.39 is 11.9 Å². The summed E-state index contributed by atoms with van der Waals surface area (Å²) < 4.78 is 14.6. The topological polar surface area (TPSA) is 49.4 Å². The zero-order chi connectivity index (χ0) is 25.0. The van der Waals surface area contributed by atoms with Gasteiger partial charge in [0.2, 0.25) is 11.8 Å². The van der Waals surface area contributed by atoms with Gasteiger partial charge in [0.15, 0.2) is 0 Å². The van der Waals surface area contributed by atoms with E-state index in [4.69, 9.17) is 11.6 Å². The normalized spacial score (nSPS) is 11.6. The minimum absolute atomic E-state index is 0.0220. The number of carbonyl (C=O) groups is 2. The van der Waals surface area contributed by atoms with Gasteiger partial charge < -0.3 is 10.2 Å². The number of amides is 2. The molecule has 1 unspecified atom stereocenters. The van der Waals surface area contributed by atoms with Crippen LogP contribution in [-0.2, 0) is 22.6 Å². The Morgan fingerprint density at radius 3 is 2.37 bits per heavy atom. The van der Waals surface area contributed by atoms with E-state index in [0.29, 0.717) is 29.3 Å². The van der Waals surface area contributed by atoms with Crippen LogP contribution in [0, 0.1) is 5.82 Å². The molecule has 4 nitrogen and oxygen atoms in total. The molecule has 0 saturated heterocycles. The number of nitrogens with zero attached hydrogens (tertiary/aromatic N) is 1. The van der Waals surface area contributed by atoms with Crippen molar-refractivity contribution in [1.29, 1.82) is 0 Å². The first-order chi connectivity index (χ1) is 17.0. The maximum atomic E-state index is 14.6. The summed E-state index contributed by atoms with van der Waals surface area (Å²) >= 11 is 7.50. The molecule has 0 spiro atoms. The van der Waals surface area contributed by atoms with Crippen molar-refractivity contribution >= 4 is 35.2 Å². The van der Waals surface area contributed by atoms with Gasteiger partial charge in [-0.2, -0.15) is 0 Å². The van der Waals surface area contributed by atoms with Crippen LogP contribution < -0.4 is 5.32 Å². The Kier molecular flexibility index (Phi) is 10.6. The first-order valence-electron chi connectivity index (χ1n) is 11.7. The molecule has 0 aliphatic carbocycles. The molecular weight excluding hydrogens is 483 g/mol. The van der Waals surface area contributed by atoms with Crippen molar-refractivity contribution in [2.75, 3.05) is 12.3 Å². The summed E-state index contributed by atoms with van der Waals surface area (Å²) in [4.78, 5) is 29.3. The molecule has 2 amide bonds. The number of nitrogens with one attached hydrogen (secondary N) is 1. The second kappa shape index (κ2) is 13.9. The van der Waals surface area contributed by atoms with Gasteiger partial charge >= 0.3 is 0 Å². The lowest BCUT2D eigenvalue weighted by molar-refractivity contribution is -0.141. The highest BCUT2D eigenvalue weighted by Crippen LogP contribution is 2.23. The highest BCUT2D eigenvalue weighted by atomic mass is 35.5. The summed E-state index contributed by atoms with van der Waals surface area (Å²) in [5, 5.41) is 3.59. The van der Waals surface area contributed by atoms with Gasteiger partial charge in [-0.3, -0.25) is 9.59 Å². The van der Waals surface area contributed by atoms with Crippen molar-refractivity contribution in [3.63, 3.8) is 0 Å². The molecule has 0 fully saturated rings. The first kappa shape index (κ1) is 26.8. The fourth-order valence-corrected chi connectivity index (χ4v) is 4.63. The number of benzene rings is 3. The molecular formula is C28H30ClFN2O2S. The van der Waals surface area contributed by atoms with Crippen LogP contribution in [0.25, 0.3) is 0 Å². The second-order valence-electron chi connectivity index (χ2n) is 8.16. The van der Waals surface area contributed by atoms with E-state index in [1.807, 2.05) is 61.5 Å². The van der Waals surface area contributed by atoms with Gasteiger partial charge in [-0.15, -0.1) is 11.8 Å². The largest absolute Gasteiger partial charge is 0.354 e. The van der Waals surface area contributed by atoms with Crippen molar-refractivity contribution in [2.24, 2.45) is 0 Å². The van der Waals surface area contributed by atoms with E-state index >= 15 is 0 Å². The van der Waals surface area contributed by atoms with E-state index in [0.717, 1.165) is 16.9 Å². The van der Waals surface area contributed by atoms with Crippen LogP contribution in [0.4, 0.5) is 4.39 Å². The molecule has 0 aliphatic rings. The lowest BCUT2D eigenvalue weighted by Crippen LogP contribution is -2.50. The van der Waals surface area contributed by atoms with Gasteiger partial charge in [0.1, 0.15) is 11.9 Å². The smallest absolute Gasteiger partial charge is 0.243 e. The Balaban J connectivity index is 1.83. The molecule has 1 atom stereocenters. The molecule has 0 aliphatic heterocycles. The third kappa shape index (κ3) is 8.41. The maximum absolute atomic E-state index is 14.6. The molecule has 3 rings (SSSR count). The minimum Gasteiger partial charge on any atom is -0.354 e. The van der Waals surface area contributed by atoms with Crippen molar-refractivity contribution in [3.05, 3.63) is 101 Å². The fraction of sp³-hybridized carbons (Fsp3) is 0.286. The average molecular weight is 513 g/mol. The molecule has 7 heteroatoms. The van der Waals surface area contributed by atoms with Crippen molar-refractivity contribution in [1.82, 2.24) is 10.2 Å². The molecule has 0 aromatic heterocycles. The highest BCUT2D eigenvalue weighted by molar-refractivity contribution is 7.99. The summed E-state index contributed by atoms with van der Waals surface area (Å²) in [5.41, 5.74) is 1.32. The molecule has 1 N–H and O–H groups in total.